The normalized spacial score (nSPS) is 12.0. The average Bonchev–Trinajstić information content (AvgIpc) is 2.42. The first-order valence-corrected chi connectivity index (χ1v) is 9.51. The lowest BCUT2D eigenvalue weighted by molar-refractivity contribution is -0.150. The summed E-state index contributed by atoms with van der Waals surface area (Å²) in [6, 6.07) is 0. The van der Waals surface area contributed by atoms with E-state index in [0.29, 0.717) is 6.42 Å². The van der Waals surface area contributed by atoms with Crippen LogP contribution < -0.4 is 0 Å². The van der Waals surface area contributed by atoms with Crippen molar-refractivity contribution in [2.75, 3.05) is 0 Å². The Bertz CT molecular complexity index is 196. The topological polar surface area (TPSA) is 40.5 Å². The molecule has 0 saturated carbocycles. The molecule has 0 heterocycles. The van der Waals surface area contributed by atoms with Gasteiger partial charge in [0.1, 0.15) is 0 Å². The van der Waals surface area contributed by atoms with Crippen LogP contribution in [0, 0.1) is 0 Å². The maximum absolute atomic E-state index is 9.18. The van der Waals surface area contributed by atoms with Crippen molar-refractivity contribution in [3.63, 3.8) is 0 Å². The zero-order valence-electron chi connectivity index (χ0n) is 14.7. The Morgan fingerprint density at radius 2 is 0.810 bits per heavy atom. The van der Waals surface area contributed by atoms with Gasteiger partial charge in [0.2, 0.25) is 0 Å². The summed E-state index contributed by atoms with van der Waals surface area (Å²) in [6.45, 7) is 3.74. The van der Waals surface area contributed by atoms with Gasteiger partial charge in [-0.2, -0.15) is 0 Å². The first kappa shape index (κ1) is 20.9. The molecule has 0 aliphatic heterocycles. The lowest BCUT2D eigenvalue weighted by Crippen LogP contribution is -2.22. The fraction of sp³-hybridized carbons (Fsp3) is 1.00. The minimum atomic E-state index is -1.46. The van der Waals surface area contributed by atoms with Gasteiger partial charge in [0.05, 0.1) is 0 Å². The van der Waals surface area contributed by atoms with Crippen LogP contribution in [0.5, 0.6) is 0 Å². The standard InChI is InChI=1S/C19H40O2/c1-3-4-5-6-7-8-9-10-11-12-13-14-15-16-17-18-19(2,20)21/h20-21H,3-18H2,1-2H3. The Balaban J connectivity index is 3.00. The molecule has 0 unspecified atom stereocenters. The molecule has 21 heavy (non-hydrogen) atoms. The zero-order chi connectivity index (χ0) is 15.8. The summed E-state index contributed by atoms with van der Waals surface area (Å²) in [5.74, 6) is -1.46. The van der Waals surface area contributed by atoms with Crippen molar-refractivity contribution in [1.82, 2.24) is 0 Å². The molecule has 0 aliphatic carbocycles. The quantitative estimate of drug-likeness (QED) is 0.273. The molecule has 2 nitrogen and oxygen atoms in total. The van der Waals surface area contributed by atoms with Crippen molar-refractivity contribution in [3.8, 4) is 0 Å². The highest BCUT2D eigenvalue weighted by atomic mass is 16.5. The molecule has 128 valence electrons. The van der Waals surface area contributed by atoms with Crippen LogP contribution in [-0.2, 0) is 0 Å². The van der Waals surface area contributed by atoms with Gasteiger partial charge in [-0.15, -0.1) is 0 Å². The lowest BCUT2D eigenvalue weighted by Gasteiger charge is -2.14. The van der Waals surface area contributed by atoms with Gasteiger partial charge < -0.3 is 10.2 Å². The van der Waals surface area contributed by atoms with E-state index in [4.69, 9.17) is 0 Å². The summed E-state index contributed by atoms with van der Waals surface area (Å²) in [7, 11) is 0. The maximum atomic E-state index is 9.18. The second kappa shape index (κ2) is 14.8. The van der Waals surface area contributed by atoms with Crippen molar-refractivity contribution >= 4 is 0 Å². The van der Waals surface area contributed by atoms with Crippen molar-refractivity contribution < 1.29 is 10.2 Å². The zero-order valence-corrected chi connectivity index (χ0v) is 14.7. The monoisotopic (exact) mass is 300 g/mol. The van der Waals surface area contributed by atoms with Crippen molar-refractivity contribution in [2.24, 2.45) is 0 Å². The first-order chi connectivity index (χ1) is 10.1. The van der Waals surface area contributed by atoms with Crippen LogP contribution in [-0.4, -0.2) is 16.0 Å². The van der Waals surface area contributed by atoms with Crippen LogP contribution in [0.4, 0.5) is 0 Å². The molecule has 0 fully saturated rings. The molecule has 2 heteroatoms. The van der Waals surface area contributed by atoms with Gasteiger partial charge in [-0.25, -0.2) is 0 Å². The van der Waals surface area contributed by atoms with Gasteiger partial charge in [0, 0.05) is 6.42 Å². The van der Waals surface area contributed by atoms with Gasteiger partial charge in [-0.3, -0.25) is 0 Å². The number of hydrogen-bond donors (Lipinski definition) is 2. The van der Waals surface area contributed by atoms with Crippen molar-refractivity contribution in [3.05, 3.63) is 0 Å². The predicted molar refractivity (Wildman–Crippen MR) is 92.4 cm³/mol. The molecule has 0 aromatic carbocycles. The minimum Gasteiger partial charge on any atom is -0.366 e. The van der Waals surface area contributed by atoms with Gasteiger partial charge >= 0.3 is 0 Å². The molecular weight excluding hydrogens is 260 g/mol. The van der Waals surface area contributed by atoms with Gasteiger partial charge in [0.15, 0.2) is 5.79 Å². The van der Waals surface area contributed by atoms with Crippen LogP contribution in [0.1, 0.15) is 117 Å². The van der Waals surface area contributed by atoms with E-state index in [0.717, 1.165) is 12.8 Å². The third-order valence-corrected chi connectivity index (χ3v) is 4.25. The first-order valence-electron chi connectivity index (χ1n) is 9.51. The molecule has 0 atom stereocenters. The van der Waals surface area contributed by atoms with E-state index in [1.54, 1.807) is 0 Å². The van der Waals surface area contributed by atoms with Crippen LogP contribution >= 0.6 is 0 Å². The van der Waals surface area contributed by atoms with E-state index in [-0.39, 0.29) is 0 Å². The molecule has 0 bridgehead atoms. The third-order valence-electron chi connectivity index (χ3n) is 4.25. The number of hydrogen-bond acceptors (Lipinski definition) is 2. The summed E-state index contributed by atoms with van der Waals surface area (Å²) in [4.78, 5) is 0. The van der Waals surface area contributed by atoms with Crippen LogP contribution in [0.2, 0.25) is 0 Å². The summed E-state index contributed by atoms with van der Waals surface area (Å²) in [6.07, 6.45) is 20.6. The number of rotatable bonds is 16. The summed E-state index contributed by atoms with van der Waals surface area (Å²) >= 11 is 0. The molecule has 0 aliphatic rings. The van der Waals surface area contributed by atoms with E-state index in [9.17, 15) is 10.2 Å². The largest absolute Gasteiger partial charge is 0.366 e. The van der Waals surface area contributed by atoms with Crippen LogP contribution in [0.3, 0.4) is 0 Å². The summed E-state index contributed by atoms with van der Waals surface area (Å²) in [5, 5.41) is 18.4. The molecule has 0 aromatic heterocycles. The van der Waals surface area contributed by atoms with E-state index in [1.165, 1.54) is 90.4 Å². The molecule has 0 aromatic rings. The van der Waals surface area contributed by atoms with Crippen molar-refractivity contribution in [1.29, 1.82) is 0 Å². The van der Waals surface area contributed by atoms with Gasteiger partial charge in [-0.1, -0.05) is 96.8 Å². The van der Waals surface area contributed by atoms with Crippen molar-refractivity contribution in [2.45, 2.75) is 122 Å². The molecule has 0 spiro atoms. The van der Waals surface area contributed by atoms with E-state index >= 15 is 0 Å². The molecule has 2 N–H and O–H groups in total. The van der Waals surface area contributed by atoms with E-state index < -0.39 is 5.79 Å². The van der Waals surface area contributed by atoms with Crippen LogP contribution in [0.25, 0.3) is 0 Å². The van der Waals surface area contributed by atoms with Gasteiger partial charge in [0.25, 0.3) is 0 Å². The van der Waals surface area contributed by atoms with E-state index in [1.807, 2.05) is 0 Å². The Morgan fingerprint density at radius 1 is 0.524 bits per heavy atom. The predicted octanol–water partition coefficient (Wildman–Crippen LogP) is 5.95. The summed E-state index contributed by atoms with van der Waals surface area (Å²) < 4.78 is 0. The Kier molecular flexibility index (Phi) is 14.8. The molecule has 0 radical (unpaired) electrons. The fourth-order valence-electron chi connectivity index (χ4n) is 2.83. The Morgan fingerprint density at radius 3 is 1.10 bits per heavy atom. The molecule has 0 rings (SSSR count). The Labute approximate surface area is 133 Å². The van der Waals surface area contributed by atoms with Crippen LogP contribution in [0.15, 0.2) is 0 Å². The highest BCUT2D eigenvalue weighted by Gasteiger charge is 2.13. The molecule has 0 saturated heterocycles. The smallest absolute Gasteiger partial charge is 0.159 e. The van der Waals surface area contributed by atoms with Gasteiger partial charge in [-0.05, 0) is 13.3 Å². The molecule has 0 amide bonds. The minimum absolute atomic E-state index is 0.505. The summed E-state index contributed by atoms with van der Waals surface area (Å²) in [5.41, 5.74) is 0. The second-order valence-corrected chi connectivity index (χ2v) is 6.92. The number of unbranched alkanes of at least 4 members (excludes halogenated alkanes) is 14. The fourth-order valence-corrected chi connectivity index (χ4v) is 2.83. The Hall–Kier alpha value is -0.0800. The SMILES string of the molecule is CCCCCCCCCCCCCCCCCC(C)(O)O. The highest BCUT2D eigenvalue weighted by Crippen LogP contribution is 2.15. The third kappa shape index (κ3) is 19.9. The second-order valence-electron chi connectivity index (χ2n) is 6.92. The average molecular weight is 301 g/mol. The maximum Gasteiger partial charge on any atom is 0.159 e. The highest BCUT2D eigenvalue weighted by molar-refractivity contribution is 4.56. The lowest BCUT2D eigenvalue weighted by atomic mass is 10.0. The molecular formula is C19H40O2. The number of aliphatic hydroxyl groups is 2. The van der Waals surface area contributed by atoms with E-state index in [2.05, 4.69) is 6.92 Å².